The molecule has 0 fully saturated rings. The molecule has 0 amide bonds. The number of nitrogens with two attached hydrogens (primary N) is 1. The number of rotatable bonds is 5. The van der Waals surface area contributed by atoms with Crippen LogP contribution in [0.15, 0.2) is 0 Å². The first-order valence-electron chi connectivity index (χ1n) is 5.67. The lowest BCUT2D eigenvalue weighted by molar-refractivity contribution is 0.268. The monoisotopic (exact) mass is 285 g/mol. The SMILES string of the molecule is CCCC(CO)Nc1nc(=S)[nH]c2nc(N)sc12. The van der Waals surface area contributed by atoms with Crippen LogP contribution in [-0.2, 0) is 0 Å². The number of aliphatic hydroxyl groups is 1. The predicted molar refractivity (Wildman–Crippen MR) is 76.4 cm³/mol. The van der Waals surface area contributed by atoms with E-state index in [4.69, 9.17) is 18.0 Å². The van der Waals surface area contributed by atoms with Crippen molar-refractivity contribution in [3.05, 3.63) is 4.77 Å². The molecule has 0 saturated heterocycles. The van der Waals surface area contributed by atoms with Gasteiger partial charge in [0.1, 0.15) is 4.70 Å². The minimum atomic E-state index is -0.0363. The van der Waals surface area contributed by atoms with Gasteiger partial charge in [0, 0.05) is 0 Å². The standard InChI is InChI=1S/C10H15N5OS2/c1-2-3-5(4-16)12-7-6-8(13-9(11)18-6)15-10(17)14-7/h5,16H,2-4H2,1H3,(H4,11,12,13,14,15,17). The summed E-state index contributed by atoms with van der Waals surface area (Å²) >= 11 is 6.39. The van der Waals surface area contributed by atoms with E-state index in [2.05, 4.69) is 27.2 Å². The van der Waals surface area contributed by atoms with E-state index in [-0.39, 0.29) is 12.6 Å². The van der Waals surface area contributed by atoms with Gasteiger partial charge in [-0.1, -0.05) is 24.7 Å². The summed E-state index contributed by atoms with van der Waals surface area (Å²) in [4.78, 5) is 11.3. The summed E-state index contributed by atoms with van der Waals surface area (Å²) in [5.74, 6) is 0.635. The van der Waals surface area contributed by atoms with Gasteiger partial charge in [0.2, 0.25) is 0 Å². The quantitative estimate of drug-likeness (QED) is 0.626. The van der Waals surface area contributed by atoms with Crippen molar-refractivity contribution in [2.45, 2.75) is 25.8 Å². The highest BCUT2D eigenvalue weighted by molar-refractivity contribution is 7.71. The molecule has 0 aromatic carbocycles. The molecule has 2 rings (SSSR count). The Morgan fingerprint density at radius 2 is 2.33 bits per heavy atom. The number of fused-ring (bicyclic) bond motifs is 1. The molecular weight excluding hydrogens is 270 g/mol. The molecule has 5 N–H and O–H groups in total. The summed E-state index contributed by atoms with van der Waals surface area (Å²) in [6.07, 6.45) is 1.84. The van der Waals surface area contributed by atoms with Crippen LogP contribution in [0.5, 0.6) is 0 Å². The summed E-state index contributed by atoms with van der Waals surface area (Å²) in [5, 5.41) is 13.0. The molecule has 0 aliphatic carbocycles. The number of nitrogens with zero attached hydrogens (tertiary/aromatic N) is 2. The fourth-order valence-electron chi connectivity index (χ4n) is 1.71. The van der Waals surface area contributed by atoms with Crippen molar-refractivity contribution in [1.29, 1.82) is 0 Å². The number of aromatic amines is 1. The van der Waals surface area contributed by atoms with Crippen LogP contribution in [0, 0.1) is 4.77 Å². The molecule has 1 unspecified atom stereocenters. The van der Waals surface area contributed by atoms with Gasteiger partial charge in [0.15, 0.2) is 21.4 Å². The maximum absolute atomic E-state index is 9.30. The van der Waals surface area contributed by atoms with E-state index in [1.807, 2.05) is 0 Å². The first-order valence-corrected chi connectivity index (χ1v) is 6.90. The zero-order valence-electron chi connectivity index (χ0n) is 9.93. The van der Waals surface area contributed by atoms with Crippen molar-refractivity contribution in [2.24, 2.45) is 0 Å². The van der Waals surface area contributed by atoms with E-state index in [9.17, 15) is 5.11 Å². The van der Waals surface area contributed by atoms with Gasteiger partial charge in [-0.25, -0.2) is 9.97 Å². The lowest BCUT2D eigenvalue weighted by Crippen LogP contribution is -2.24. The number of anilines is 2. The third-order valence-corrected chi connectivity index (χ3v) is 3.58. The van der Waals surface area contributed by atoms with Gasteiger partial charge in [-0.15, -0.1) is 0 Å². The molecule has 8 heteroatoms. The zero-order chi connectivity index (χ0) is 13.1. The Morgan fingerprint density at radius 1 is 1.56 bits per heavy atom. The summed E-state index contributed by atoms with van der Waals surface area (Å²) in [6, 6.07) is -0.0363. The molecule has 2 heterocycles. The molecule has 0 saturated carbocycles. The van der Waals surface area contributed by atoms with Crippen LogP contribution >= 0.6 is 23.6 Å². The number of nitrogen functional groups attached to an aromatic ring is 1. The van der Waals surface area contributed by atoms with Crippen molar-refractivity contribution in [1.82, 2.24) is 15.0 Å². The molecule has 6 nitrogen and oxygen atoms in total. The zero-order valence-corrected chi connectivity index (χ0v) is 11.6. The molecular formula is C10H15N5OS2. The lowest BCUT2D eigenvalue weighted by atomic mass is 10.2. The first kappa shape index (κ1) is 13.2. The average molecular weight is 285 g/mol. The maximum atomic E-state index is 9.30. The van der Waals surface area contributed by atoms with E-state index >= 15 is 0 Å². The minimum absolute atomic E-state index is 0.0363. The first-order chi connectivity index (χ1) is 8.63. The van der Waals surface area contributed by atoms with Gasteiger partial charge in [-0.3, -0.25) is 0 Å². The number of thiazole rings is 1. The Morgan fingerprint density at radius 3 is 3.00 bits per heavy atom. The maximum Gasteiger partial charge on any atom is 0.200 e. The fraction of sp³-hybridized carbons (Fsp3) is 0.500. The number of aromatic nitrogens is 3. The van der Waals surface area contributed by atoms with Crippen molar-refractivity contribution in [2.75, 3.05) is 17.7 Å². The lowest BCUT2D eigenvalue weighted by Gasteiger charge is -2.15. The minimum Gasteiger partial charge on any atom is -0.394 e. The molecule has 2 aromatic heterocycles. The Bertz CT molecular complexity index is 593. The van der Waals surface area contributed by atoms with Crippen LogP contribution in [-0.4, -0.2) is 32.7 Å². The van der Waals surface area contributed by atoms with Crippen LogP contribution < -0.4 is 11.1 Å². The number of hydrogen-bond donors (Lipinski definition) is 4. The Hall–Kier alpha value is -1.25. The number of aliphatic hydroxyl groups excluding tert-OH is 1. The highest BCUT2D eigenvalue weighted by Crippen LogP contribution is 2.28. The van der Waals surface area contributed by atoms with Crippen LogP contribution in [0.4, 0.5) is 10.9 Å². The van der Waals surface area contributed by atoms with Crippen molar-refractivity contribution in [3.63, 3.8) is 0 Å². The van der Waals surface area contributed by atoms with Crippen molar-refractivity contribution < 1.29 is 5.11 Å². The third-order valence-electron chi connectivity index (χ3n) is 2.50. The largest absolute Gasteiger partial charge is 0.394 e. The van der Waals surface area contributed by atoms with E-state index in [1.165, 1.54) is 11.3 Å². The molecule has 0 radical (unpaired) electrons. The van der Waals surface area contributed by atoms with Crippen LogP contribution in [0.3, 0.4) is 0 Å². The normalized spacial score (nSPS) is 12.8. The Kier molecular flexibility index (Phi) is 4.10. The number of nitrogens with one attached hydrogen (secondary N) is 2. The van der Waals surface area contributed by atoms with Crippen LogP contribution in [0.25, 0.3) is 10.3 Å². The predicted octanol–water partition coefficient (Wildman–Crippen LogP) is 1.90. The van der Waals surface area contributed by atoms with Gasteiger partial charge in [-0.2, -0.15) is 0 Å². The van der Waals surface area contributed by atoms with Crippen molar-refractivity contribution in [3.8, 4) is 0 Å². The fourth-order valence-corrected chi connectivity index (χ4v) is 2.64. The average Bonchev–Trinajstić information content (AvgIpc) is 2.68. The van der Waals surface area contributed by atoms with E-state index in [0.29, 0.717) is 21.4 Å². The highest BCUT2D eigenvalue weighted by atomic mass is 32.1. The van der Waals surface area contributed by atoms with Crippen molar-refractivity contribution >= 4 is 44.9 Å². The van der Waals surface area contributed by atoms with Gasteiger partial charge < -0.3 is 21.1 Å². The second kappa shape index (κ2) is 5.59. The molecule has 0 aliphatic rings. The smallest absolute Gasteiger partial charge is 0.200 e. The summed E-state index contributed by atoms with van der Waals surface area (Å²) in [5.41, 5.74) is 6.31. The molecule has 0 aliphatic heterocycles. The van der Waals surface area contributed by atoms with E-state index in [0.717, 1.165) is 17.5 Å². The highest BCUT2D eigenvalue weighted by Gasteiger charge is 2.13. The van der Waals surface area contributed by atoms with Crippen LogP contribution in [0.2, 0.25) is 0 Å². The third kappa shape index (κ3) is 2.77. The number of H-pyrrole nitrogens is 1. The molecule has 0 bridgehead atoms. The Balaban J connectivity index is 2.39. The second-order valence-electron chi connectivity index (χ2n) is 3.93. The molecule has 1 atom stereocenters. The summed E-state index contributed by atoms with van der Waals surface area (Å²) in [6.45, 7) is 2.12. The van der Waals surface area contributed by atoms with Gasteiger partial charge >= 0.3 is 0 Å². The topological polar surface area (TPSA) is 99.8 Å². The molecule has 2 aromatic rings. The van der Waals surface area contributed by atoms with Gasteiger partial charge in [0.05, 0.1) is 12.6 Å². The van der Waals surface area contributed by atoms with Gasteiger partial charge in [-0.05, 0) is 18.6 Å². The van der Waals surface area contributed by atoms with E-state index in [1.54, 1.807) is 0 Å². The Labute approximate surface area is 113 Å². The molecule has 18 heavy (non-hydrogen) atoms. The number of hydrogen-bond acceptors (Lipinski definition) is 7. The molecule has 0 spiro atoms. The van der Waals surface area contributed by atoms with Crippen LogP contribution in [0.1, 0.15) is 19.8 Å². The van der Waals surface area contributed by atoms with E-state index < -0.39 is 0 Å². The second-order valence-corrected chi connectivity index (χ2v) is 5.35. The molecule has 98 valence electrons. The summed E-state index contributed by atoms with van der Waals surface area (Å²) < 4.78 is 1.18. The summed E-state index contributed by atoms with van der Waals surface area (Å²) in [7, 11) is 0. The van der Waals surface area contributed by atoms with Gasteiger partial charge in [0.25, 0.3) is 0 Å².